The van der Waals surface area contributed by atoms with Crippen molar-refractivity contribution in [3.63, 3.8) is 0 Å². The topological polar surface area (TPSA) is 84.7 Å². The number of fused-ring (bicyclic) bond motifs is 1. The van der Waals surface area contributed by atoms with E-state index in [0.717, 1.165) is 10.9 Å². The Morgan fingerprint density at radius 2 is 1.72 bits per heavy atom. The SMILES string of the molecule is Cc1ccc(NC(=O)c2cc(Oc3ccc(C(=O)N(C)C)cc3)c3oc(C)cc3c2)nc1. The molecule has 2 aromatic carbocycles. The van der Waals surface area contributed by atoms with Crippen molar-refractivity contribution in [2.45, 2.75) is 13.8 Å². The average molecular weight is 429 g/mol. The number of ether oxygens (including phenoxy) is 1. The molecule has 2 aromatic heterocycles. The molecule has 0 aliphatic carbocycles. The van der Waals surface area contributed by atoms with E-state index in [4.69, 9.17) is 9.15 Å². The molecule has 0 bridgehead atoms. The van der Waals surface area contributed by atoms with Crippen LogP contribution in [0.15, 0.2) is 65.2 Å². The maximum atomic E-state index is 12.9. The third kappa shape index (κ3) is 4.46. The number of carbonyl (C=O) groups is 2. The number of amides is 2. The fraction of sp³-hybridized carbons (Fsp3) is 0.160. The summed E-state index contributed by atoms with van der Waals surface area (Å²) in [4.78, 5) is 30.7. The van der Waals surface area contributed by atoms with Crippen LogP contribution in [0.2, 0.25) is 0 Å². The van der Waals surface area contributed by atoms with Gasteiger partial charge < -0.3 is 19.4 Å². The Labute approximate surface area is 185 Å². The van der Waals surface area contributed by atoms with Crippen LogP contribution in [0.25, 0.3) is 11.0 Å². The number of rotatable bonds is 5. The van der Waals surface area contributed by atoms with E-state index in [1.54, 1.807) is 62.8 Å². The number of nitrogens with one attached hydrogen (secondary N) is 1. The Bertz CT molecular complexity index is 1290. The highest BCUT2D eigenvalue weighted by atomic mass is 16.5. The quantitative estimate of drug-likeness (QED) is 0.472. The number of pyridine rings is 1. The summed E-state index contributed by atoms with van der Waals surface area (Å²) in [5.41, 5.74) is 2.52. The molecule has 4 aromatic rings. The van der Waals surface area contributed by atoms with Gasteiger partial charge in [0.05, 0.1) is 0 Å². The summed E-state index contributed by atoms with van der Waals surface area (Å²) in [6.45, 7) is 3.77. The number of nitrogens with zero attached hydrogens (tertiary/aromatic N) is 2. The highest BCUT2D eigenvalue weighted by Gasteiger charge is 2.16. The number of furan rings is 1. The molecule has 0 fully saturated rings. The first-order valence-corrected chi connectivity index (χ1v) is 10.1. The van der Waals surface area contributed by atoms with Gasteiger partial charge in [0, 0.05) is 36.8 Å². The summed E-state index contributed by atoms with van der Waals surface area (Å²) in [7, 11) is 3.40. The van der Waals surface area contributed by atoms with Crippen LogP contribution in [-0.4, -0.2) is 35.8 Å². The molecule has 0 saturated heterocycles. The maximum Gasteiger partial charge on any atom is 0.256 e. The van der Waals surface area contributed by atoms with Gasteiger partial charge in [-0.05, 0) is 67.9 Å². The fourth-order valence-electron chi connectivity index (χ4n) is 3.24. The summed E-state index contributed by atoms with van der Waals surface area (Å²) in [5, 5.41) is 3.55. The van der Waals surface area contributed by atoms with Gasteiger partial charge in [-0.3, -0.25) is 9.59 Å². The Hall–Kier alpha value is -4.13. The van der Waals surface area contributed by atoms with Crippen LogP contribution >= 0.6 is 0 Å². The van der Waals surface area contributed by atoms with Crippen molar-refractivity contribution < 1.29 is 18.7 Å². The summed E-state index contributed by atoms with van der Waals surface area (Å²) in [6.07, 6.45) is 1.69. The zero-order valence-electron chi connectivity index (χ0n) is 18.3. The first-order valence-electron chi connectivity index (χ1n) is 10.1. The van der Waals surface area contributed by atoms with Gasteiger partial charge in [-0.1, -0.05) is 6.07 Å². The van der Waals surface area contributed by atoms with Gasteiger partial charge in [0.1, 0.15) is 17.3 Å². The van der Waals surface area contributed by atoms with Gasteiger partial charge in [0.2, 0.25) is 0 Å². The van der Waals surface area contributed by atoms with E-state index >= 15 is 0 Å². The number of anilines is 1. The lowest BCUT2D eigenvalue weighted by atomic mass is 10.1. The van der Waals surface area contributed by atoms with Gasteiger partial charge in [0.25, 0.3) is 11.8 Å². The predicted octanol–water partition coefficient (Wildman–Crippen LogP) is 5.19. The van der Waals surface area contributed by atoms with E-state index in [9.17, 15) is 9.59 Å². The Morgan fingerprint density at radius 3 is 2.38 bits per heavy atom. The van der Waals surface area contributed by atoms with Crippen LogP contribution < -0.4 is 10.1 Å². The Kier molecular flexibility index (Phi) is 5.64. The summed E-state index contributed by atoms with van der Waals surface area (Å²) >= 11 is 0. The molecule has 0 unspecified atom stereocenters. The molecule has 7 heteroatoms. The molecule has 162 valence electrons. The third-order valence-electron chi connectivity index (χ3n) is 4.86. The highest BCUT2D eigenvalue weighted by Crippen LogP contribution is 2.34. The van der Waals surface area contributed by atoms with Crippen LogP contribution in [-0.2, 0) is 0 Å². The molecule has 0 atom stereocenters. The second-order valence-corrected chi connectivity index (χ2v) is 7.75. The molecule has 0 aliphatic rings. The lowest BCUT2D eigenvalue weighted by Crippen LogP contribution is -2.21. The molecule has 4 rings (SSSR count). The van der Waals surface area contributed by atoms with Crippen LogP contribution in [0.5, 0.6) is 11.5 Å². The third-order valence-corrected chi connectivity index (χ3v) is 4.86. The number of aromatic nitrogens is 1. The lowest BCUT2D eigenvalue weighted by Gasteiger charge is -2.12. The number of carbonyl (C=O) groups excluding carboxylic acids is 2. The first-order chi connectivity index (χ1) is 15.3. The zero-order valence-corrected chi connectivity index (χ0v) is 18.3. The van der Waals surface area contributed by atoms with Gasteiger partial charge in [-0.2, -0.15) is 0 Å². The Morgan fingerprint density at radius 1 is 0.969 bits per heavy atom. The highest BCUT2D eigenvalue weighted by molar-refractivity contribution is 6.06. The van der Waals surface area contributed by atoms with Crippen molar-refractivity contribution in [1.82, 2.24) is 9.88 Å². The fourth-order valence-corrected chi connectivity index (χ4v) is 3.24. The van der Waals surface area contributed by atoms with Gasteiger partial charge in [-0.25, -0.2) is 4.98 Å². The summed E-state index contributed by atoms with van der Waals surface area (Å²) in [6, 6.07) is 15.7. The monoisotopic (exact) mass is 429 g/mol. The van der Waals surface area contributed by atoms with Crippen LogP contribution in [0.4, 0.5) is 5.82 Å². The number of benzene rings is 2. The maximum absolute atomic E-state index is 12.9. The van der Waals surface area contributed by atoms with Crippen molar-refractivity contribution in [3.05, 3.63) is 83.2 Å². The van der Waals surface area contributed by atoms with E-state index < -0.39 is 0 Å². The molecular formula is C25H23N3O4. The minimum atomic E-state index is -0.307. The van der Waals surface area contributed by atoms with E-state index in [1.807, 2.05) is 26.0 Å². The number of aryl methyl sites for hydroxylation is 2. The standard InChI is InChI=1S/C25H23N3O4/c1-15-5-10-22(26-14-15)27-24(29)19-12-18-11-16(2)31-23(18)21(13-19)32-20-8-6-17(7-9-20)25(30)28(3)4/h5-14H,1-4H3,(H,26,27,29). The van der Waals surface area contributed by atoms with Crippen LogP contribution in [0.3, 0.4) is 0 Å². The largest absolute Gasteiger partial charge is 0.457 e. The second-order valence-electron chi connectivity index (χ2n) is 7.75. The van der Waals surface area contributed by atoms with Crippen LogP contribution in [0.1, 0.15) is 32.0 Å². The molecule has 2 amide bonds. The molecule has 0 saturated carbocycles. The molecule has 7 nitrogen and oxygen atoms in total. The average Bonchev–Trinajstić information content (AvgIpc) is 3.15. The van der Waals surface area contributed by atoms with Gasteiger partial charge >= 0.3 is 0 Å². The molecule has 1 N–H and O–H groups in total. The summed E-state index contributed by atoms with van der Waals surface area (Å²) in [5.74, 6) is 1.70. The lowest BCUT2D eigenvalue weighted by molar-refractivity contribution is 0.0827. The van der Waals surface area contributed by atoms with Crippen molar-refractivity contribution >= 4 is 28.6 Å². The van der Waals surface area contributed by atoms with E-state index in [-0.39, 0.29) is 11.8 Å². The number of hydrogen-bond donors (Lipinski definition) is 1. The second kappa shape index (κ2) is 8.55. The van der Waals surface area contributed by atoms with Crippen molar-refractivity contribution in [3.8, 4) is 11.5 Å². The molecule has 0 spiro atoms. The summed E-state index contributed by atoms with van der Waals surface area (Å²) < 4.78 is 11.8. The zero-order chi connectivity index (χ0) is 22.8. The van der Waals surface area contributed by atoms with Crippen molar-refractivity contribution in [2.24, 2.45) is 0 Å². The first kappa shape index (κ1) is 21.1. The van der Waals surface area contributed by atoms with E-state index in [2.05, 4.69) is 10.3 Å². The van der Waals surface area contributed by atoms with Crippen molar-refractivity contribution in [1.29, 1.82) is 0 Å². The number of hydrogen-bond acceptors (Lipinski definition) is 5. The Balaban J connectivity index is 1.64. The molecular weight excluding hydrogens is 406 g/mol. The molecule has 0 radical (unpaired) electrons. The minimum Gasteiger partial charge on any atom is -0.457 e. The van der Waals surface area contributed by atoms with Gasteiger partial charge in [0.15, 0.2) is 11.3 Å². The normalized spacial score (nSPS) is 10.8. The van der Waals surface area contributed by atoms with Crippen molar-refractivity contribution in [2.75, 3.05) is 19.4 Å². The molecule has 32 heavy (non-hydrogen) atoms. The van der Waals surface area contributed by atoms with E-state index in [0.29, 0.717) is 39.8 Å². The van der Waals surface area contributed by atoms with Gasteiger partial charge in [-0.15, -0.1) is 0 Å². The predicted molar refractivity (Wildman–Crippen MR) is 122 cm³/mol. The smallest absolute Gasteiger partial charge is 0.256 e. The molecule has 2 heterocycles. The van der Waals surface area contributed by atoms with Crippen LogP contribution in [0, 0.1) is 13.8 Å². The molecule has 0 aliphatic heterocycles. The minimum absolute atomic E-state index is 0.0935. The van der Waals surface area contributed by atoms with E-state index in [1.165, 1.54) is 4.90 Å².